The van der Waals surface area contributed by atoms with Crippen LogP contribution in [0.2, 0.25) is 0 Å². The summed E-state index contributed by atoms with van der Waals surface area (Å²) < 4.78 is 5.48. The molecule has 1 fully saturated rings. The Morgan fingerprint density at radius 2 is 2.15 bits per heavy atom. The maximum absolute atomic E-state index is 11.3. The van der Waals surface area contributed by atoms with Crippen LogP contribution >= 0.6 is 0 Å². The second-order valence-corrected chi connectivity index (χ2v) is 4.00. The molecular weight excluding hydrogens is 166 g/mol. The van der Waals surface area contributed by atoms with Crippen molar-refractivity contribution < 1.29 is 9.53 Å². The predicted molar refractivity (Wildman–Crippen MR) is 51.4 cm³/mol. The van der Waals surface area contributed by atoms with E-state index in [1.807, 2.05) is 20.8 Å². The molecule has 0 spiro atoms. The van der Waals surface area contributed by atoms with Gasteiger partial charge >= 0.3 is 0 Å². The van der Waals surface area contributed by atoms with Gasteiger partial charge in [-0.1, -0.05) is 13.8 Å². The van der Waals surface area contributed by atoms with Crippen LogP contribution < -0.4 is 5.32 Å². The minimum absolute atomic E-state index is 0.0591. The number of carbonyl (C=O) groups is 1. The maximum Gasteiger partial charge on any atom is 0.222 e. The summed E-state index contributed by atoms with van der Waals surface area (Å²) >= 11 is 0. The molecular formula is C10H19NO2. The monoisotopic (exact) mass is 185 g/mol. The number of hydrogen-bond acceptors (Lipinski definition) is 2. The summed E-state index contributed by atoms with van der Waals surface area (Å²) in [6.45, 7) is 6.65. The van der Waals surface area contributed by atoms with Crippen LogP contribution in [0.4, 0.5) is 0 Å². The third-order valence-electron chi connectivity index (χ3n) is 2.42. The molecule has 76 valence electrons. The first-order valence-corrected chi connectivity index (χ1v) is 5.03. The Kier molecular flexibility index (Phi) is 3.72. The molecule has 2 atom stereocenters. The lowest BCUT2D eigenvalue weighted by Gasteiger charge is -2.20. The SMILES string of the molecule is CC(C)C(=O)NC(C)C1CCCO1. The molecule has 1 N–H and O–H groups in total. The number of amides is 1. The van der Waals surface area contributed by atoms with Gasteiger partial charge in [0.1, 0.15) is 0 Å². The zero-order chi connectivity index (χ0) is 9.84. The molecule has 1 rings (SSSR count). The Bertz CT molecular complexity index is 174. The molecule has 0 aromatic carbocycles. The highest BCUT2D eigenvalue weighted by molar-refractivity contribution is 5.78. The van der Waals surface area contributed by atoms with E-state index in [9.17, 15) is 4.79 Å². The highest BCUT2D eigenvalue weighted by Crippen LogP contribution is 2.15. The maximum atomic E-state index is 11.3. The van der Waals surface area contributed by atoms with Crippen molar-refractivity contribution in [1.29, 1.82) is 0 Å². The minimum atomic E-state index is 0.0591. The summed E-state index contributed by atoms with van der Waals surface area (Å²) in [6.07, 6.45) is 2.41. The summed E-state index contributed by atoms with van der Waals surface area (Å²) in [5.74, 6) is 0.173. The molecule has 13 heavy (non-hydrogen) atoms. The molecule has 0 saturated carbocycles. The van der Waals surface area contributed by atoms with Crippen LogP contribution in [0.1, 0.15) is 33.6 Å². The summed E-state index contributed by atoms with van der Waals surface area (Å²) in [5.41, 5.74) is 0. The van der Waals surface area contributed by atoms with Crippen LogP contribution in [0.5, 0.6) is 0 Å². The Labute approximate surface area is 79.8 Å². The number of hydrogen-bond donors (Lipinski definition) is 1. The lowest BCUT2D eigenvalue weighted by molar-refractivity contribution is -0.125. The van der Waals surface area contributed by atoms with Crippen molar-refractivity contribution in [2.75, 3.05) is 6.61 Å². The lowest BCUT2D eigenvalue weighted by Crippen LogP contribution is -2.42. The molecule has 0 aromatic rings. The number of ether oxygens (including phenoxy) is 1. The van der Waals surface area contributed by atoms with Gasteiger partial charge in [-0.25, -0.2) is 0 Å². The molecule has 1 heterocycles. The number of nitrogens with one attached hydrogen (secondary N) is 1. The normalized spacial score (nSPS) is 24.8. The van der Waals surface area contributed by atoms with Crippen LogP contribution in [0.3, 0.4) is 0 Å². The van der Waals surface area contributed by atoms with Gasteiger partial charge in [-0.05, 0) is 19.8 Å². The zero-order valence-corrected chi connectivity index (χ0v) is 8.67. The summed E-state index contributed by atoms with van der Waals surface area (Å²) in [4.78, 5) is 11.3. The molecule has 0 aliphatic carbocycles. The molecule has 2 unspecified atom stereocenters. The summed E-state index contributed by atoms with van der Waals surface area (Å²) in [6, 6.07) is 0.150. The lowest BCUT2D eigenvalue weighted by atomic mass is 10.1. The first-order valence-electron chi connectivity index (χ1n) is 5.03. The zero-order valence-electron chi connectivity index (χ0n) is 8.67. The molecule has 3 heteroatoms. The second-order valence-electron chi connectivity index (χ2n) is 4.00. The topological polar surface area (TPSA) is 38.3 Å². The first-order chi connectivity index (χ1) is 6.11. The van der Waals surface area contributed by atoms with Crippen LogP contribution in [-0.4, -0.2) is 24.7 Å². The van der Waals surface area contributed by atoms with E-state index in [4.69, 9.17) is 4.74 Å². The van der Waals surface area contributed by atoms with Crippen molar-refractivity contribution >= 4 is 5.91 Å². The third-order valence-corrected chi connectivity index (χ3v) is 2.42. The first kappa shape index (κ1) is 10.5. The van der Waals surface area contributed by atoms with E-state index in [-0.39, 0.29) is 24.0 Å². The van der Waals surface area contributed by atoms with E-state index in [1.165, 1.54) is 0 Å². The summed E-state index contributed by atoms with van der Waals surface area (Å²) in [5, 5.41) is 2.96. The average Bonchev–Trinajstić information content (AvgIpc) is 2.55. The van der Waals surface area contributed by atoms with Crippen LogP contribution in [0, 0.1) is 5.92 Å². The molecule has 0 bridgehead atoms. The fourth-order valence-electron chi connectivity index (χ4n) is 1.48. The quantitative estimate of drug-likeness (QED) is 0.720. The predicted octanol–water partition coefficient (Wildman–Crippen LogP) is 1.33. The van der Waals surface area contributed by atoms with E-state index in [1.54, 1.807) is 0 Å². The summed E-state index contributed by atoms with van der Waals surface area (Å²) in [7, 11) is 0. The van der Waals surface area contributed by atoms with Gasteiger partial charge in [-0.2, -0.15) is 0 Å². The molecule has 1 aliphatic heterocycles. The van der Waals surface area contributed by atoms with Gasteiger partial charge in [0.05, 0.1) is 12.1 Å². The van der Waals surface area contributed by atoms with E-state index in [0.29, 0.717) is 0 Å². The molecule has 3 nitrogen and oxygen atoms in total. The van der Waals surface area contributed by atoms with Crippen molar-refractivity contribution in [3.63, 3.8) is 0 Å². The van der Waals surface area contributed by atoms with E-state index in [2.05, 4.69) is 5.32 Å². The van der Waals surface area contributed by atoms with Crippen LogP contribution in [-0.2, 0) is 9.53 Å². The minimum Gasteiger partial charge on any atom is -0.376 e. The average molecular weight is 185 g/mol. The standard InChI is InChI=1S/C10H19NO2/c1-7(2)10(12)11-8(3)9-5-4-6-13-9/h7-9H,4-6H2,1-3H3,(H,11,12). The second kappa shape index (κ2) is 4.61. The van der Waals surface area contributed by atoms with E-state index < -0.39 is 0 Å². The molecule has 0 radical (unpaired) electrons. The van der Waals surface area contributed by atoms with Gasteiger partial charge in [0, 0.05) is 12.5 Å². The van der Waals surface area contributed by atoms with Crippen molar-refractivity contribution in [2.45, 2.75) is 45.8 Å². The Balaban J connectivity index is 2.31. The van der Waals surface area contributed by atoms with Crippen molar-refractivity contribution in [2.24, 2.45) is 5.92 Å². The van der Waals surface area contributed by atoms with Crippen molar-refractivity contribution in [3.8, 4) is 0 Å². The van der Waals surface area contributed by atoms with Crippen LogP contribution in [0.25, 0.3) is 0 Å². The largest absolute Gasteiger partial charge is 0.376 e. The third kappa shape index (κ3) is 2.99. The van der Waals surface area contributed by atoms with Crippen LogP contribution in [0.15, 0.2) is 0 Å². The molecule has 0 aromatic heterocycles. The Hall–Kier alpha value is -0.570. The number of carbonyl (C=O) groups excluding carboxylic acids is 1. The molecule has 1 aliphatic rings. The number of rotatable bonds is 3. The van der Waals surface area contributed by atoms with Gasteiger partial charge < -0.3 is 10.1 Å². The highest BCUT2D eigenvalue weighted by Gasteiger charge is 2.23. The molecule has 1 amide bonds. The highest BCUT2D eigenvalue weighted by atomic mass is 16.5. The van der Waals surface area contributed by atoms with E-state index >= 15 is 0 Å². The van der Waals surface area contributed by atoms with Gasteiger partial charge in [0.15, 0.2) is 0 Å². The smallest absolute Gasteiger partial charge is 0.222 e. The fourth-order valence-corrected chi connectivity index (χ4v) is 1.48. The van der Waals surface area contributed by atoms with Crippen molar-refractivity contribution in [1.82, 2.24) is 5.32 Å². The Morgan fingerprint density at radius 3 is 2.62 bits per heavy atom. The van der Waals surface area contributed by atoms with Gasteiger partial charge in [0.2, 0.25) is 5.91 Å². The molecule has 1 saturated heterocycles. The van der Waals surface area contributed by atoms with Gasteiger partial charge in [-0.3, -0.25) is 4.79 Å². The van der Waals surface area contributed by atoms with Crippen molar-refractivity contribution in [3.05, 3.63) is 0 Å². The van der Waals surface area contributed by atoms with E-state index in [0.717, 1.165) is 19.4 Å². The fraction of sp³-hybridized carbons (Fsp3) is 0.900. The van der Waals surface area contributed by atoms with Gasteiger partial charge in [0.25, 0.3) is 0 Å². The van der Waals surface area contributed by atoms with Gasteiger partial charge in [-0.15, -0.1) is 0 Å². The Morgan fingerprint density at radius 1 is 1.46 bits per heavy atom.